The van der Waals surface area contributed by atoms with Gasteiger partial charge in [0.15, 0.2) is 6.61 Å². The summed E-state index contributed by atoms with van der Waals surface area (Å²) in [5.41, 5.74) is 1.73. The van der Waals surface area contributed by atoms with Crippen LogP contribution in [0.4, 0.5) is 11.4 Å². The molecular weight excluding hydrogens is 386 g/mol. The van der Waals surface area contributed by atoms with Crippen molar-refractivity contribution in [1.82, 2.24) is 9.80 Å². The summed E-state index contributed by atoms with van der Waals surface area (Å²) in [6.07, 6.45) is 0. The second kappa shape index (κ2) is 10.4. The van der Waals surface area contributed by atoms with Gasteiger partial charge >= 0.3 is 5.97 Å². The lowest BCUT2D eigenvalue weighted by Crippen LogP contribution is -2.46. The van der Waals surface area contributed by atoms with Crippen LogP contribution in [-0.2, 0) is 19.1 Å². The van der Waals surface area contributed by atoms with Crippen LogP contribution in [0, 0.1) is 0 Å². The molecule has 0 bridgehead atoms. The molecule has 30 heavy (non-hydrogen) atoms. The first-order chi connectivity index (χ1) is 14.5. The molecule has 1 fully saturated rings. The maximum atomic E-state index is 12.5. The number of morpholine rings is 1. The number of anilines is 2. The zero-order valence-electron chi connectivity index (χ0n) is 16.9. The maximum Gasteiger partial charge on any atom is 0.340 e. The molecule has 1 heterocycles. The molecule has 8 nitrogen and oxygen atoms in total. The largest absolute Gasteiger partial charge is 0.452 e. The van der Waals surface area contributed by atoms with Crippen molar-refractivity contribution in [1.29, 1.82) is 0 Å². The summed E-state index contributed by atoms with van der Waals surface area (Å²) in [7, 11) is 1.51. The van der Waals surface area contributed by atoms with Crippen molar-refractivity contribution < 1.29 is 23.9 Å². The van der Waals surface area contributed by atoms with Crippen LogP contribution in [0.3, 0.4) is 0 Å². The van der Waals surface area contributed by atoms with Crippen molar-refractivity contribution in [2.75, 3.05) is 51.8 Å². The van der Waals surface area contributed by atoms with Gasteiger partial charge in [-0.2, -0.15) is 0 Å². The van der Waals surface area contributed by atoms with E-state index >= 15 is 0 Å². The van der Waals surface area contributed by atoms with Crippen LogP contribution in [0.5, 0.6) is 0 Å². The van der Waals surface area contributed by atoms with Crippen LogP contribution in [0.1, 0.15) is 10.4 Å². The van der Waals surface area contributed by atoms with Crippen LogP contribution in [-0.4, -0.2) is 74.1 Å². The molecule has 8 heteroatoms. The van der Waals surface area contributed by atoms with Crippen LogP contribution in [0.15, 0.2) is 54.6 Å². The van der Waals surface area contributed by atoms with Crippen LogP contribution in [0.2, 0.25) is 0 Å². The normalized spacial score (nSPS) is 13.4. The fraction of sp³-hybridized carbons (Fsp3) is 0.318. The molecule has 2 aromatic rings. The van der Waals surface area contributed by atoms with E-state index < -0.39 is 18.5 Å². The molecule has 3 rings (SSSR count). The monoisotopic (exact) mass is 411 g/mol. The third kappa shape index (κ3) is 5.81. The van der Waals surface area contributed by atoms with Gasteiger partial charge in [-0.25, -0.2) is 4.79 Å². The Morgan fingerprint density at radius 3 is 2.43 bits per heavy atom. The molecule has 0 atom stereocenters. The number of nitrogens with zero attached hydrogens (tertiary/aromatic N) is 2. The van der Waals surface area contributed by atoms with Gasteiger partial charge in [0.2, 0.25) is 5.91 Å². The highest BCUT2D eigenvalue weighted by molar-refractivity contribution is 5.97. The highest BCUT2D eigenvalue weighted by atomic mass is 16.5. The van der Waals surface area contributed by atoms with E-state index in [1.807, 2.05) is 30.3 Å². The number of likely N-dealkylation sites (N-methyl/N-ethyl adjacent to an activating group) is 1. The standard InChI is InChI=1S/C22H25N3O5/c1-24(15-20(26)25-11-13-29-14-12-25)21(27)16-30-22(28)18-9-5-6-10-19(18)23-17-7-3-2-4-8-17/h2-10,23H,11-16H2,1H3. The average molecular weight is 411 g/mol. The first kappa shape index (κ1) is 21.3. The summed E-state index contributed by atoms with van der Waals surface area (Å²) in [6, 6.07) is 16.4. The number of benzene rings is 2. The minimum absolute atomic E-state index is 0.0669. The van der Waals surface area contributed by atoms with E-state index in [4.69, 9.17) is 9.47 Å². The summed E-state index contributed by atoms with van der Waals surface area (Å²) in [6.45, 7) is 1.52. The number of ether oxygens (including phenoxy) is 2. The average Bonchev–Trinajstić information content (AvgIpc) is 2.78. The van der Waals surface area contributed by atoms with E-state index in [0.717, 1.165) is 5.69 Å². The molecular formula is C22H25N3O5. The summed E-state index contributed by atoms with van der Waals surface area (Å²) < 4.78 is 10.4. The van der Waals surface area contributed by atoms with Crippen LogP contribution >= 0.6 is 0 Å². The quantitative estimate of drug-likeness (QED) is 0.701. The fourth-order valence-corrected chi connectivity index (χ4v) is 2.97. The van der Waals surface area contributed by atoms with Gasteiger partial charge in [0, 0.05) is 25.8 Å². The molecule has 1 aliphatic rings. The molecule has 1 aliphatic heterocycles. The zero-order valence-corrected chi connectivity index (χ0v) is 16.9. The molecule has 0 saturated carbocycles. The Morgan fingerprint density at radius 1 is 1.03 bits per heavy atom. The summed E-state index contributed by atoms with van der Waals surface area (Å²) in [5.74, 6) is -1.22. The SMILES string of the molecule is CN(CC(=O)N1CCOCC1)C(=O)COC(=O)c1ccccc1Nc1ccccc1. The number of carbonyl (C=O) groups excluding carboxylic acids is 3. The van der Waals surface area contributed by atoms with Gasteiger partial charge in [0.1, 0.15) is 0 Å². The Labute approximate surface area is 175 Å². The van der Waals surface area contributed by atoms with E-state index in [1.54, 1.807) is 29.2 Å². The minimum Gasteiger partial charge on any atom is -0.452 e. The lowest BCUT2D eigenvalue weighted by Gasteiger charge is -2.28. The van der Waals surface area contributed by atoms with Crippen LogP contribution in [0.25, 0.3) is 0 Å². The first-order valence-electron chi connectivity index (χ1n) is 9.72. The van der Waals surface area contributed by atoms with Crippen molar-refractivity contribution in [2.24, 2.45) is 0 Å². The van der Waals surface area contributed by atoms with Crippen molar-refractivity contribution in [3.8, 4) is 0 Å². The topological polar surface area (TPSA) is 88.2 Å². The molecule has 1 saturated heterocycles. The molecule has 158 valence electrons. The maximum absolute atomic E-state index is 12.5. The number of rotatable bonds is 7. The van der Waals surface area contributed by atoms with Crippen molar-refractivity contribution in [2.45, 2.75) is 0 Å². The van der Waals surface area contributed by atoms with E-state index in [-0.39, 0.29) is 12.5 Å². The van der Waals surface area contributed by atoms with Gasteiger partial charge in [-0.3, -0.25) is 9.59 Å². The highest BCUT2D eigenvalue weighted by Gasteiger charge is 2.21. The molecule has 1 N–H and O–H groups in total. The lowest BCUT2D eigenvalue weighted by atomic mass is 10.1. The van der Waals surface area contributed by atoms with E-state index in [1.165, 1.54) is 11.9 Å². The summed E-state index contributed by atoms with van der Waals surface area (Å²) in [4.78, 5) is 40.0. The van der Waals surface area contributed by atoms with Crippen molar-refractivity contribution >= 4 is 29.2 Å². The zero-order chi connectivity index (χ0) is 21.3. The highest BCUT2D eigenvalue weighted by Crippen LogP contribution is 2.21. The van der Waals surface area contributed by atoms with Crippen molar-refractivity contribution in [3.05, 3.63) is 60.2 Å². The van der Waals surface area contributed by atoms with E-state index in [2.05, 4.69) is 5.32 Å². The van der Waals surface area contributed by atoms with Crippen LogP contribution < -0.4 is 5.32 Å². The number of hydrogen-bond acceptors (Lipinski definition) is 6. The number of hydrogen-bond donors (Lipinski definition) is 1. The van der Waals surface area contributed by atoms with E-state index in [9.17, 15) is 14.4 Å². The second-order valence-electron chi connectivity index (χ2n) is 6.86. The second-order valence-corrected chi connectivity index (χ2v) is 6.86. The van der Waals surface area contributed by atoms with Gasteiger partial charge in [0.25, 0.3) is 5.91 Å². The summed E-state index contributed by atoms with van der Waals surface area (Å²) in [5, 5.41) is 3.17. The Hall–Kier alpha value is -3.39. The Balaban J connectivity index is 1.53. The molecule has 2 aromatic carbocycles. The van der Waals surface area contributed by atoms with Crippen molar-refractivity contribution in [3.63, 3.8) is 0 Å². The Morgan fingerprint density at radius 2 is 1.70 bits per heavy atom. The molecule has 0 spiro atoms. The molecule has 0 aromatic heterocycles. The fourth-order valence-electron chi connectivity index (χ4n) is 2.97. The molecule has 0 unspecified atom stereocenters. The predicted molar refractivity (Wildman–Crippen MR) is 111 cm³/mol. The number of carbonyl (C=O) groups is 3. The number of para-hydroxylation sites is 2. The molecule has 0 radical (unpaired) electrons. The van der Waals surface area contributed by atoms with Gasteiger partial charge in [-0.15, -0.1) is 0 Å². The smallest absolute Gasteiger partial charge is 0.340 e. The Kier molecular flexibility index (Phi) is 7.40. The van der Waals surface area contributed by atoms with E-state index in [0.29, 0.717) is 37.6 Å². The Bertz CT molecular complexity index is 881. The van der Waals surface area contributed by atoms with Gasteiger partial charge in [0.05, 0.1) is 31.0 Å². The number of amides is 2. The third-order valence-electron chi connectivity index (χ3n) is 4.69. The van der Waals surface area contributed by atoms with Gasteiger partial charge in [-0.05, 0) is 24.3 Å². The third-order valence-corrected chi connectivity index (χ3v) is 4.69. The predicted octanol–water partition coefficient (Wildman–Crippen LogP) is 1.90. The molecule has 2 amide bonds. The molecule has 0 aliphatic carbocycles. The summed E-state index contributed by atoms with van der Waals surface area (Å²) >= 11 is 0. The lowest BCUT2D eigenvalue weighted by molar-refractivity contribution is -0.143. The first-order valence-corrected chi connectivity index (χ1v) is 9.72. The minimum atomic E-state index is -0.615. The number of nitrogens with one attached hydrogen (secondary N) is 1. The number of esters is 1. The van der Waals surface area contributed by atoms with Gasteiger partial charge in [-0.1, -0.05) is 30.3 Å². The van der Waals surface area contributed by atoms with Gasteiger partial charge < -0.3 is 24.6 Å².